The van der Waals surface area contributed by atoms with Gasteiger partial charge in [-0.15, -0.1) is 0 Å². The number of hydrogen-bond acceptors (Lipinski definition) is 2. The van der Waals surface area contributed by atoms with E-state index in [-0.39, 0.29) is 10.8 Å². The molecule has 0 fully saturated rings. The summed E-state index contributed by atoms with van der Waals surface area (Å²) in [6.45, 7) is 14.7. The van der Waals surface area contributed by atoms with Crippen LogP contribution in [-0.4, -0.2) is 18.6 Å². The Balaban J connectivity index is 3.08. The van der Waals surface area contributed by atoms with Crippen molar-refractivity contribution in [2.24, 2.45) is 10.8 Å². The van der Waals surface area contributed by atoms with E-state index in [1.807, 2.05) is 0 Å². The second-order valence-electron chi connectivity index (χ2n) is 6.32. The summed E-state index contributed by atoms with van der Waals surface area (Å²) in [5.41, 5.74) is 6.87. The number of nitrogens with one attached hydrogen (secondary N) is 1. The summed E-state index contributed by atoms with van der Waals surface area (Å²) in [5.74, 6) is 0. The van der Waals surface area contributed by atoms with Gasteiger partial charge in [0.05, 0.1) is 0 Å². The molecule has 1 heterocycles. The lowest BCUT2D eigenvalue weighted by molar-refractivity contribution is 0.287. The summed E-state index contributed by atoms with van der Waals surface area (Å²) in [4.78, 5) is 0. The highest BCUT2D eigenvalue weighted by molar-refractivity contribution is 5.27. The summed E-state index contributed by atoms with van der Waals surface area (Å²) in [6, 6.07) is 0. The van der Waals surface area contributed by atoms with Crippen LogP contribution in [0.3, 0.4) is 0 Å². The molecule has 0 atom stereocenters. The Morgan fingerprint density at radius 1 is 1.00 bits per heavy atom. The van der Waals surface area contributed by atoms with Crippen molar-refractivity contribution in [3.05, 3.63) is 11.3 Å². The lowest BCUT2D eigenvalue weighted by atomic mass is 9.79. The van der Waals surface area contributed by atoms with Crippen molar-refractivity contribution in [2.45, 2.75) is 41.5 Å². The molecule has 1 aliphatic rings. The fraction of sp³-hybridized carbons (Fsp3) is 0.833. The minimum absolute atomic E-state index is 0.216. The monoisotopic (exact) mass is 196 g/mol. The number of likely N-dealkylation sites (N-methyl/N-ethyl adjacent to an activating group) is 1. The number of hydrazine groups is 1. The SMILES string of the molecule is CN1CC(C(C)(C)C)=C(C(C)(C)C)N1. The molecule has 1 rings (SSSR count). The highest BCUT2D eigenvalue weighted by Crippen LogP contribution is 2.37. The first-order valence-corrected chi connectivity index (χ1v) is 5.34. The Kier molecular flexibility index (Phi) is 2.70. The summed E-state index contributed by atoms with van der Waals surface area (Å²) in [6.07, 6.45) is 0. The average molecular weight is 196 g/mol. The molecule has 0 aromatic carbocycles. The van der Waals surface area contributed by atoms with Gasteiger partial charge in [-0.1, -0.05) is 41.5 Å². The Labute approximate surface area is 88.3 Å². The van der Waals surface area contributed by atoms with Crippen molar-refractivity contribution in [1.82, 2.24) is 10.4 Å². The average Bonchev–Trinajstić information content (AvgIpc) is 2.27. The van der Waals surface area contributed by atoms with Gasteiger partial charge < -0.3 is 5.43 Å². The fourth-order valence-corrected chi connectivity index (χ4v) is 1.85. The van der Waals surface area contributed by atoms with Gasteiger partial charge in [0, 0.05) is 24.7 Å². The molecule has 14 heavy (non-hydrogen) atoms. The van der Waals surface area contributed by atoms with Crippen LogP contribution in [0.4, 0.5) is 0 Å². The minimum Gasteiger partial charge on any atom is -0.322 e. The molecule has 0 aromatic heterocycles. The second-order valence-corrected chi connectivity index (χ2v) is 6.32. The molecule has 2 heteroatoms. The molecule has 0 aromatic rings. The Bertz CT molecular complexity index is 224. The van der Waals surface area contributed by atoms with E-state index in [2.05, 4.69) is 59.0 Å². The van der Waals surface area contributed by atoms with Crippen LogP contribution in [0.1, 0.15) is 41.5 Å². The van der Waals surface area contributed by atoms with Crippen LogP contribution in [-0.2, 0) is 0 Å². The Morgan fingerprint density at radius 3 is 1.79 bits per heavy atom. The van der Waals surface area contributed by atoms with Crippen LogP contribution in [0.5, 0.6) is 0 Å². The molecule has 82 valence electrons. The van der Waals surface area contributed by atoms with Crippen molar-refractivity contribution < 1.29 is 0 Å². The molecule has 0 saturated heterocycles. The van der Waals surface area contributed by atoms with E-state index in [0.29, 0.717) is 0 Å². The van der Waals surface area contributed by atoms with E-state index in [0.717, 1.165) is 6.54 Å². The Hall–Kier alpha value is -0.500. The van der Waals surface area contributed by atoms with Crippen LogP contribution >= 0.6 is 0 Å². The van der Waals surface area contributed by atoms with Gasteiger partial charge in [-0.05, 0) is 11.0 Å². The normalized spacial score (nSPS) is 20.2. The van der Waals surface area contributed by atoms with E-state index < -0.39 is 0 Å². The molecular weight excluding hydrogens is 172 g/mol. The molecular formula is C12H24N2. The van der Waals surface area contributed by atoms with Gasteiger partial charge in [-0.3, -0.25) is 0 Å². The van der Waals surface area contributed by atoms with Crippen molar-refractivity contribution in [2.75, 3.05) is 13.6 Å². The predicted octanol–water partition coefficient (Wildman–Crippen LogP) is 2.78. The number of nitrogens with zero attached hydrogens (tertiary/aromatic N) is 1. The molecule has 0 aliphatic carbocycles. The minimum atomic E-state index is 0.216. The largest absolute Gasteiger partial charge is 0.322 e. The van der Waals surface area contributed by atoms with Crippen molar-refractivity contribution >= 4 is 0 Å². The summed E-state index contributed by atoms with van der Waals surface area (Å²) in [7, 11) is 2.10. The first-order valence-electron chi connectivity index (χ1n) is 5.34. The van der Waals surface area contributed by atoms with Gasteiger partial charge in [0.15, 0.2) is 0 Å². The number of allylic oxidation sites excluding steroid dienone is 1. The van der Waals surface area contributed by atoms with Crippen LogP contribution in [0, 0.1) is 10.8 Å². The van der Waals surface area contributed by atoms with Gasteiger partial charge >= 0.3 is 0 Å². The molecule has 1 aliphatic heterocycles. The zero-order chi connectivity index (χ0) is 11.1. The summed E-state index contributed by atoms with van der Waals surface area (Å²) < 4.78 is 0. The molecule has 0 spiro atoms. The van der Waals surface area contributed by atoms with Crippen molar-refractivity contribution in [1.29, 1.82) is 0 Å². The third-order valence-corrected chi connectivity index (χ3v) is 2.66. The van der Waals surface area contributed by atoms with Crippen molar-refractivity contribution in [3.8, 4) is 0 Å². The summed E-state index contributed by atoms with van der Waals surface area (Å²) >= 11 is 0. The smallest absolute Gasteiger partial charge is 0.0411 e. The lowest BCUT2D eigenvalue weighted by Crippen LogP contribution is -2.31. The molecule has 0 amide bonds. The first kappa shape index (κ1) is 11.6. The van der Waals surface area contributed by atoms with Crippen molar-refractivity contribution in [3.63, 3.8) is 0 Å². The van der Waals surface area contributed by atoms with Crippen LogP contribution in [0.2, 0.25) is 0 Å². The number of hydrogen-bond donors (Lipinski definition) is 1. The van der Waals surface area contributed by atoms with E-state index in [1.165, 1.54) is 11.3 Å². The van der Waals surface area contributed by atoms with Crippen LogP contribution in [0.15, 0.2) is 11.3 Å². The van der Waals surface area contributed by atoms with E-state index in [9.17, 15) is 0 Å². The highest BCUT2D eigenvalue weighted by atomic mass is 15.5. The first-order chi connectivity index (χ1) is 6.12. The number of rotatable bonds is 0. The zero-order valence-electron chi connectivity index (χ0n) is 10.7. The molecule has 2 nitrogen and oxygen atoms in total. The lowest BCUT2D eigenvalue weighted by Gasteiger charge is -2.27. The van der Waals surface area contributed by atoms with Gasteiger partial charge in [0.2, 0.25) is 0 Å². The second kappa shape index (κ2) is 3.27. The van der Waals surface area contributed by atoms with Gasteiger partial charge in [-0.25, -0.2) is 5.01 Å². The van der Waals surface area contributed by atoms with Gasteiger partial charge in [0.1, 0.15) is 0 Å². The highest BCUT2D eigenvalue weighted by Gasteiger charge is 2.33. The van der Waals surface area contributed by atoms with Crippen LogP contribution in [0.25, 0.3) is 0 Å². The molecule has 0 unspecified atom stereocenters. The zero-order valence-corrected chi connectivity index (χ0v) is 10.7. The maximum atomic E-state index is 3.46. The summed E-state index contributed by atoms with van der Waals surface area (Å²) in [5, 5.41) is 2.17. The molecule has 0 saturated carbocycles. The fourth-order valence-electron chi connectivity index (χ4n) is 1.85. The van der Waals surface area contributed by atoms with E-state index in [1.54, 1.807) is 0 Å². The third-order valence-electron chi connectivity index (χ3n) is 2.66. The van der Waals surface area contributed by atoms with E-state index in [4.69, 9.17) is 0 Å². The topological polar surface area (TPSA) is 15.3 Å². The quantitative estimate of drug-likeness (QED) is 0.641. The maximum absolute atomic E-state index is 3.46. The van der Waals surface area contributed by atoms with E-state index >= 15 is 0 Å². The maximum Gasteiger partial charge on any atom is 0.0411 e. The third kappa shape index (κ3) is 2.30. The van der Waals surface area contributed by atoms with Gasteiger partial charge in [-0.2, -0.15) is 0 Å². The predicted molar refractivity (Wildman–Crippen MR) is 61.7 cm³/mol. The molecule has 0 radical (unpaired) electrons. The molecule has 1 N–H and O–H groups in total. The molecule has 0 bridgehead atoms. The standard InChI is InChI=1S/C12H24N2/c1-11(2,3)9-8-14(7)13-10(9)12(4,5)6/h13H,8H2,1-7H3. The Morgan fingerprint density at radius 2 is 1.50 bits per heavy atom. The van der Waals surface area contributed by atoms with Gasteiger partial charge in [0.25, 0.3) is 0 Å². The van der Waals surface area contributed by atoms with Crippen LogP contribution < -0.4 is 5.43 Å².